The van der Waals surface area contributed by atoms with Crippen LogP contribution >= 0.6 is 0 Å². The zero-order valence-electron chi connectivity index (χ0n) is 19.0. The number of anilines is 2. The van der Waals surface area contributed by atoms with Gasteiger partial charge in [-0.3, -0.25) is 4.79 Å². The van der Waals surface area contributed by atoms with Crippen molar-refractivity contribution in [3.8, 4) is 17.2 Å². The van der Waals surface area contributed by atoms with Gasteiger partial charge in [-0.25, -0.2) is 9.97 Å². The molecule has 2 aromatic carbocycles. The van der Waals surface area contributed by atoms with Gasteiger partial charge in [0.1, 0.15) is 0 Å². The highest BCUT2D eigenvalue weighted by atomic mass is 16.5. The van der Waals surface area contributed by atoms with E-state index in [1.807, 2.05) is 50.2 Å². The van der Waals surface area contributed by atoms with Crippen molar-refractivity contribution in [1.29, 1.82) is 0 Å². The van der Waals surface area contributed by atoms with Crippen LogP contribution in [0.5, 0.6) is 17.2 Å². The molecule has 1 heterocycles. The Morgan fingerprint density at radius 3 is 2.28 bits per heavy atom. The fourth-order valence-electron chi connectivity index (χ4n) is 4.25. The first-order valence-electron chi connectivity index (χ1n) is 10.5. The Bertz CT molecular complexity index is 1150. The SMILES string of the molecule is COc1cc([C@H]2CC(=O)c3c(C)nc(Nc4cccc(C)c4)nc3C2)cc(OC)c1OC. The first kappa shape index (κ1) is 21.6. The number of aromatic nitrogens is 2. The number of fused-ring (bicyclic) bond motifs is 1. The van der Waals surface area contributed by atoms with Gasteiger partial charge in [-0.2, -0.15) is 0 Å². The summed E-state index contributed by atoms with van der Waals surface area (Å²) in [6.45, 7) is 3.89. The third kappa shape index (κ3) is 4.10. The van der Waals surface area contributed by atoms with Crippen molar-refractivity contribution in [3.05, 3.63) is 64.5 Å². The third-order valence-electron chi connectivity index (χ3n) is 5.75. The van der Waals surface area contributed by atoms with Gasteiger partial charge in [0.05, 0.1) is 38.3 Å². The number of aryl methyl sites for hydroxylation is 2. The normalized spacial score (nSPS) is 15.2. The maximum atomic E-state index is 13.0. The summed E-state index contributed by atoms with van der Waals surface area (Å²) in [7, 11) is 4.74. The number of nitrogens with zero attached hydrogens (tertiary/aromatic N) is 2. The van der Waals surface area contributed by atoms with Gasteiger partial charge in [0.15, 0.2) is 17.3 Å². The van der Waals surface area contributed by atoms with Crippen LogP contribution in [0.1, 0.15) is 45.2 Å². The molecule has 0 saturated carbocycles. The van der Waals surface area contributed by atoms with Crippen molar-refractivity contribution in [1.82, 2.24) is 9.97 Å². The smallest absolute Gasteiger partial charge is 0.227 e. The molecule has 166 valence electrons. The number of nitrogens with one attached hydrogen (secondary N) is 1. The lowest BCUT2D eigenvalue weighted by Crippen LogP contribution is -2.23. The molecule has 1 aromatic heterocycles. The van der Waals surface area contributed by atoms with E-state index in [9.17, 15) is 4.79 Å². The molecular formula is C25H27N3O4. The summed E-state index contributed by atoms with van der Waals surface area (Å²) in [5.41, 5.74) is 5.07. The van der Waals surface area contributed by atoms with Crippen molar-refractivity contribution >= 4 is 17.4 Å². The first-order chi connectivity index (χ1) is 15.4. The molecule has 1 N–H and O–H groups in total. The Labute approximate surface area is 187 Å². The molecule has 0 aliphatic heterocycles. The average Bonchev–Trinajstić information content (AvgIpc) is 2.77. The van der Waals surface area contributed by atoms with Crippen molar-refractivity contribution < 1.29 is 19.0 Å². The van der Waals surface area contributed by atoms with Gasteiger partial charge < -0.3 is 19.5 Å². The highest BCUT2D eigenvalue weighted by molar-refractivity contribution is 5.99. The van der Waals surface area contributed by atoms with Crippen LogP contribution in [0.15, 0.2) is 36.4 Å². The Hall–Kier alpha value is -3.61. The number of carbonyl (C=O) groups excluding carboxylic acids is 1. The Morgan fingerprint density at radius 1 is 0.938 bits per heavy atom. The van der Waals surface area contributed by atoms with E-state index in [4.69, 9.17) is 19.2 Å². The number of carbonyl (C=O) groups is 1. The van der Waals surface area contributed by atoms with Gasteiger partial charge >= 0.3 is 0 Å². The molecule has 3 aromatic rings. The van der Waals surface area contributed by atoms with E-state index >= 15 is 0 Å². The minimum Gasteiger partial charge on any atom is -0.493 e. The lowest BCUT2D eigenvalue weighted by molar-refractivity contribution is 0.0962. The van der Waals surface area contributed by atoms with E-state index in [2.05, 4.69) is 10.3 Å². The Balaban J connectivity index is 1.69. The molecule has 1 aliphatic rings. The summed E-state index contributed by atoms with van der Waals surface area (Å²) in [6, 6.07) is 11.8. The standard InChI is InChI=1S/C25H27N3O4/c1-14-7-6-8-18(9-14)27-25-26-15(2)23-19(28-25)10-16(11-20(23)29)17-12-21(30-3)24(32-5)22(13-17)31-4/h6-9,12-13,16H,10-11H2,1-5H3,(H,26,27,28)/t16-/m1/s1. The number of Topliss-reactive ketones (excluding diaryl/α,β-unsaturated/α-hetero) is 1. The minimum atomic E-state index is -0.0511. The van der Waals surface area contributed by atoms with Gasteiger partial charge in [-0.05, 0) is 61.6 Å². The molecule has 32 heavy (non-hydrogen) atoms. The van der Waals surface area contributed by atoms with Gasteiger partial charge in [0.25, 0.3) is 0 Å². The Kier molecular flexibility index (Phi) is 5.99. The molecule has 0 spiro atoms. The number of methoxy groups -OCH3 is 3. The van der Waals surface area contributed by atoms with Gasteiger partial charge in [0, 0.05) is 12.1 Å². The summed E-state index contributed by atoms with van der Waals surface area (Å²) < 4.78 is 16.4. The molecule has 7 nitrogen and oxygen atoms in total. The van der Waals surface area contributed by atoms with Crippen LogP contribution in [0, 0.1) is 13.8 Å². The van der Waals surface area contributed by atoms with Crippen LogP contribution in [-0.2, 0) is 6.42 Å². The lowest BCUT2D eigenvalue weighted by atomic mass is 9.81. The second kappa shape index (κ2) is 8.86. The van der Waals surface area contributed by atoms with E-state index < -0.39 is 0 Å². The van der Waals surface area contributed by atoms with Gasteiger partial charge in [-0.1, -0.05) is 12.1 Å². The topological polar surface area (TPSA) is 82.6 Å². The lowest BCUT2D eigenvalue weighted by Gasteiger charge is -2.26. The number of ether oxygens (including phenoxy) is 3. The molecular weight excluding hydrogens is 406 g/mol. The van der Waals surface area contributed by atoms with E-state index in [1.165, 1.54) is 0 Å². The summed E-state index contributed by atoms with van der Waals surface area (Å²) in [4.78, 5) is 22.3. The number of ketones is 1. The quantitative estimate of drug-likeness (QED) is 0.599. The second-order valence-electron chi connectivity index (χ2n) is 7.94. The number of rotatable bonds is 6. The summed E-state index contributed by atoms with van der Waals surface area (Å²) in [5, 5.41) is 3.27. The van der Waals surface area contributed by atoms with Crippen molar-refractivity contribution in [2.24, 2.45) is 0 Å². The van der Waals surface area contributed by atoms with Crippen LogP contribution in [0.3, 0.4) is 0 Å². The number of benzene rings is 2. The first-order valence-corrected chi connectivity index (χ1v) is 10.5. The zero-order valence-corrected chi connectivity index (χ0v) is 19.0. The molecule has 0 unspecified atom stereocenters. The molecule has 4 rings (SSSR count). The molecule has 7 heteroatoms. The fourth-order valence-corrected chi connectivity index (χ4v) is 4.25. The van der Waals surface area contributed by atoms with Crippen LogP contribution in [-0.4, -0.2) is 37.1 Å². The number of hydrogen-bond donors (Lipinski definition) is 1. The molecule has 0 amide bonds. The van der Waals surface area contributed by atoms with Gasteiger partial charge in [0.2, 0.25) is 11.7 Å². The van der Waals surface area contributed by atoms with Crippen LogP contribution in [0.25, 0.3) is 0 Å². The largest absolute Gasteiger partial charge is 0.493 e. The molecule has 0 bridgehead atoms. The molecule has 1 atom stereocenters. The van der Waals surface area contributed by atoms with Gasteiger partial charge in [-0.15, -0.1) is 0 Å². The van der Waals surface area contributed by atoms with Crippen molar-refractivity contribution in [2.45, 2.75) is 32.6 Å². The summed E-state index contributed by atoms with van der Waals surface area (Å²) in [6.07, 6.45) is 0.992. The Morgan fingerprint density at radius 2 is 1.66 bits per heavy atom. The fraction of sp³-hybridized carbons (Fsp3) is 0.320. The highest BCUT2D eigenvalue weighted by Crippen LogP contribution is 2.43. The van der Waals surface area contributed by atoms with E-state index in [1.54, 1.807) is 21.3 Å². The number of hydrogen-bond acceptors (Lipinski definition) is 7. The zero-order chi connectivity index (χ0) is 22.8. The minimum absolute atomic E-state index is 0.0459. The van der Waals surface area contributed by atoms with E-state index in [0.717, 1.165) is 22.5 Å². The molecule has 0 fully saturated rings. The van der Waals surface area contributed by atoms with E-state index in [0.29, 0.717) is 47.3 Å². The van der Waals surface area contributed by atoms with Crippen LogP contribution in [0.4, 0.5) is 11.6 Å². The predicted molar refractivity (Wildman–Crippen MR) is 123 cm³/mol. The maximum Gasteiger partial charge on any atom is 0.227 e. The maximum absolute atomic E-state index is 13.0. The molecule has 0 radical (unpaired) electrons. The summed E-state index contributed by atoms with van der Waals surface area (Å²) in [5.74, 6) is 2.16. The third-order valence-corrected chi connectivity index (χ3v) is 5.75. The van der Waals surface area contributed by atoms with Crippen molar-refractivity contribution in [3.63, 3.8) is 0 Å². The van der Waals surface area contributed by atoms with Crippen molar-refractivity contribution in [2.75, 3.05) is 26.6 Å². The summed E-state index contributed by atoms with van der Waals surface area (Å²) >= 11 is 0. The predicted octanol–water partition coefficient (Wildman–Crippen LogP) is 4.78. The monoisotopic (exact) mass is 433 g/mol. The van der Waals surface area contributed by atoms with Crippen LogP contribution in [0.2, 0.25) is 0 Å². The highest BCUT2D eigenvalue weighted by Gasteiger charge is 2.31. The molecule has 0 saturated heterocycles. The average molecular weight is 434 g/mol. The second-order valence-corrected chi connectivity index (χ2v) is 7.94. The molecule has 1 aliphatic carbocycles. The van der Waals surface area contributed by atoms with E-state index in [-0.39, 0.29) is 11.7 Å². The van der Waals surface area contributed by atoms with Crippen LogP contribution < -0.4 is 19.5 Å².